The minimum Gasteiger partial charge on any atom is -0.478 e. The molecule has 14 heavy (non-hydrogen) atoms. The molecule has 2 rings (SSSR count). The van der Waals surface area contributed by atoms with Crippen molar-refractivity contribution in [2.75, 3.05) is 0 Å². The predicted molar refractivity (Wildman–Crippen MR) is 49.0 cm³/mol. The quantitative estimate of drug-likeness (QED) is 0.786. The summed E-state index contributed by atoms with van der Waals surface area (Å²) in [6.45, 7) is 0.409. The maximum Gasteiger partial charge on any atom is 0.335 e. The smallest absolute Gasteiger partial charge is 0.335 e. The number of aromatic nitrogens is 1. The third kappa shape index (κ3) is 2.29. The Morgan fingerprint density at radius 2 is 2.43 bits per heavy atom. The minimum atomic E-state index is -0.930. The van der Waals surface area contributed by atoms with Crippen LogP contribution < -0.4 is 0 Å². The molecule has 4 heteroatoms. The highest BCUT2D eigenvalue weighted by Crippen LogP contribution is 2.24. The third-order valence-corrected chi connectivity index (χ3v) is 2.05. The summed E-state index contributed by atoms with van der Waals surface area (Å²) in [5, 5.41) is 8.73. The maximum absolute atomic E-state index is 10.6. The highest BCUT2D eigenvalue weighted by molar-refractivity contribution is 5.87. The molecule has 4 nitrogen and oxygen atoms in total. The van der Waals surface area contributed by atoms with Crippen molar-refractivity contribution in [1.82, 2.24) is 4.98 Å². The Kier molecular flexibility index (Phi) is 2.45. The van der Waals surface area contributed by atoms with E-state index in [1.165, 1.54) is 12.3 Å². The van der Waals surface area contributed by atoms with Gasteiger partial charge in [-0.2, -0.15) is 0 Å². The Bertz CT molecular complexity index is 347. The first-order chi connectivity index (χ1) is 6.75. The standard InChI is InChI=1S/C10H11NO3/c12-10(13)7-3-4-11-8(5-7)6-14-9-1-2-9/h3-5,9H,1-2,6H2,(H,12,13). The summed E-state index contributed by atoms with van der Waals surface area (Å²) < 4.78 is 5.42. The number of aromatic carboxylic acids is 1. The van der Waals surface area contributed by atoms with E-state index in [1.807, 2.05) is 0 Å². The van der Waals surface area contributed by atoms with Gasteiger partial charge in [-0.15, -0.1) is 0 Å². The predicted octanol–water partition coefficient (Wildman–Crippen LogP) is 1.46. The van der Waals surface area contributed by atoms with Crippen molar-refractivity contribution in [1.29, 1.82) is 0 Å². The molecule has 0 aliphatic heterocycles. The van der Waals surface area contributed by atoms with Crippen molar-refractivity contribution in [3.05, 3.63) is 29.6 Å². The fourth-order valence-corrected chi connectivity index (χ4v) is 1.13. The Morgan fingerprint density at radius 3 is 3.07 bits per heavy atom. The lowest BCUT2D eigenvalue weighted by atomic mass is 10.2. The van der Waals surface area contributed by atoms with E-state index in [4.69, 9.17) is 9.84 Å². The maximum atomic E-state index is 10.6. The van der Waals surface area contributed by atoms with Gasteiger partial charge < -0.3 is 9.84 Å². The van der Waals surface area contributed by atoms with Crippen LogP contribution in [-0.4, -0.2) is 22.2 Å². The summed E-state index contributed by atoms with van der Waals surface area (Å²) in [7, 11) is 0. The number of nitrogens with zero attached hydrogens (tertiary/aromatic N) is 1. The van der Waals surface area contributed by atoms with E-state index in [0.717, 1.165) is 12.8 Å². The molecule has 1 saturated carbocycles. The molecular formula is C10H11NO3. The van der Waals surface area contributed by atoms with Crippen LogP contribution in [0.25, 0.3) is 0 Å². The molecule has 74 valence electrons. The van der Waals surface area contributed by atoms with Crippen LogP contribution in [0, 0.1) is 0 Å². The minimum absolute atomic E-state index is 0.259. The molecule has 1 heterocycles. The zero-order valence-electron chi connectivity index (χ0n) is 7.64. The van der Waals surface area contributed by atoms with Crippen LogP contribution in [0.5, 0.6) is 0 Å². The highest BCUT2D eigenvalue weighted by Gasteiger charge is 2.22. The van der Waals surface area contributed by atoms with Gasteiger partial charge in [0, 0.05) is 6.20 Å². The van der Waals surface area contributed by atoms with Crippen molar-refractivity contribution >= 4 is 5.97 Å². The largest absolute Gasteiger partial charge is 0.478 e. The van der Waals surface area contributed by atoms with Crippen LogP contribution in [0.2, 0.25) is 0 Å². The summed E-state index contributed by atoms with van der Waals surface area (Å²) in [4.78, 5) is 14.7. The molecule has 0 saturated heterocycles. The Labute approximate surface area is 81.5 Å². The molecule has 1 aliphatic rings. The Morgan fingerprint density at radius 1 is 1.64 bits per heavy atom. The van der Waals surface area contributed by atoms with E-state index in [9.17, 15) is 4.79 Å². The van der Waals surface area contributed by atoms with Gasteiger partial charge in [-0.3, -0.25) is 4.98 Å². The van der Waals surface area contributed by atoms with Crippen molar-refractivity contribution in [2.45, 2.75) is 25.6 Å². The Balaban J connectivity index is 2.01. The first kappa shape index (κ1) is 9.15. The number of carboxylic acids is 1. The van der Waals surface area contributed by atoms with Gasteiger partial charge in [-0.25, -0.2) is 4.79 Å². The molecule has 1 aromatic heterocycles. The van der Waals surface area contributed by atoms with Gasteiger partial charge in [-0.1, -0.05) is 0 Å². The van der Waals surface area contributed by atoms with Crippen LogP contribution in [0.1, 0.15) is 28.9 Å². The molecule has 0 amide bonds. The van der Waals surface area contributed by atoms with Crippen LogP contribution in [-0.2, 0) is 11.3 Å². The molecular weight excluding hydrogens is 182 g/mol. The van der Waals surface area contributed by atoms with Crippen molar-refractivity contribution in [2.24, 2.45) is 0 Å². The summed E-state index contributed by atoms with van der Waals surface area (Å²) in [5.41, 5.74) is 0.936. The number of hydrogen-bond acceptors (Lipinski definition) is 3. The highest BCUT2D eigenvalue weighted by atomic mass is 16.5. The van der Waals surface area contributed by atoms with Crippen LogP contribution in [0.4, 0.5) is 0 Å². The molecule has 0 unspecified atom stereocenters. The first-order valence-corrected chi connectivity index (χ1v) is 4.55. The first-order valence-electron chi connectivity index (χ1n) is 4.55. The molecule has 0 bridgehead atoms. The molecule has 0 spiro atoms. The normalized spacial score (nSPS) is 15.4. The van der Waals surface area contributed by atoms with E-state index in [2.05, 4.69) is 4.98 Å². The van der Waals surface area contributed by atoms with Crippen LogP contribution in [0.3, 0.4) is 0 Å². The number of carbonyl (C=O) groups is 1. The SMILES string of the molecule is O=C(O)c1ccnc(COC2CC2)c1. The van der Waals surface area contributed by atoms with Crippen molar-refractivity contribution < 1.29 is 14.6 Å². The lowest BCUT2D eigenvalue weighted by Gasteiger charge is -2.02. The zero-order valence-corrected chi connectivity index (χ0v) is 7.64. The lowest BCUT2D eigenvalue weighted by Crippen LogP contribution is -2.01. The second-order valence-electron chi connectivity index (χ2n) is 3.35. The van der Waals surface area contributed by atoms with Gasteiger partial charge in [0.2, 0.25) is 0 Å². The summed E-state index contributed by atoms with van der Waals surface area (Å²) in [6, 6.07) is 3.02. The molecule has 0 radical (unpaired) electrons. The summed E-state index contributed by atoms with van der Waals surface area (Å²) >= 11 is 0. The average molecular weight is 193 g/mol. The molecule has 1 N–H and O–H groups in total. The number of hydrogen-bond donors (Lipinski definition) is 1. The Hall–Kier alpha value is -1.42. The van der Waals surface area contributed by atoms with Gasteiger partial charge in [0.25, 0.3) is 0 Å². The van der Waals surface area contributed by atoms with Crippen molar-refractivity contribution in [3.63, 3.8) is 0 Å². The number of pyridine rings is 1. The van der Waals surface area contributed by atoms with Crippen LogP contribution >= 0.6 is 0 Å². The topological polar surface area (TPSA) is 59.4 Å². The van der Waals surface area contributed by atoms with Gasteiger partial charge in [0.05, 0.1) is 24.0 Å². The molecule has 1 aliphatic carbocycles. The fourth-order valence-electron chi connectivity index (χ4n) is 1.13. The van der Waals surface area contributed by atoms with Crippen LogP contribution in [0.15, 0.2) is 18.3 Å². The second kappa shape index (κ2) is 3.75. The van der Waals surface area contributed by atoms with E-state index >= 15 is 0 Å². The lowest BCUT2D eigenvalue weighted by molar-refractivity contribution is 0.0696. The van der Waals surface area contributed by atoms with Gasteiger partial charge in [0.15, 0.2) is 0 Å². The van der Waals surface area contributed by atoms with E-state index in [0.29, 0.717) is 18.4 Å². The van der Waals surface area contributed by atoms with Gasteiger partial charge in [0.1, 0.15) is 0 Å². The fraction of sp³-hybridized carbons (Fsp3) is 0.400. The number of carboxylic acid groups (broad SMARTS) is 1. The second-order valence-corrected chi connectivity index (χ2v) is 3.35. The van der Waals surface area contributed by atoms with E-state index in [-0.39, 0.29) is 5.56 Å². The van der Waals surface area contributed by atoms with Crippen molar-refractivity contribution in [3.8, 4) is 0 Å². The molecule has 0 aromatic carbocycles. The monoisotopic (exact) mass is 193 g/mol. The molecule has 1 fully saturated rings. The summed E-state index contributed by atoms with van der Waals surface area (Å²) in [6.07, 6.45) is 4.08. The third-order valence-electron chi connectivity index (χ3n) is 2.05. The summed E-state index contributed by atoms with van der Waals surface area (Å²) in [5.74, 6) is -0.930. The van der Waals surface area contributed by atoms with E-state index < -0.39 is 5.97 Å². The zero-order chi connectivity index (χ0) is 9.97. The van der Waals surface area contributed by atoms with Gasteiger partial charge >= 0.3 is 5.97 Å². The molecule has 0 atom stereocenters. The average Bonchev–Trinajstić information content (AvgIpc) is 2.99. The molecule has 1 aromatic rings. The van der Waals surface area contributed by atoms with Gasteiger partial charge in [-0.05, 0) is 25.0 Å². The number of ether oxygens (including phenoxy) is 1. The number of rotatable bonds is 4. The van der Waals surface area contributed by atoms with E-state index in [1.54, 1.807) is 6.07 Å².